The van der Waals surface area contributed by atoms with Crippen LogP contribution >= 0.6 is 11.8 Å². The molecule has 57 heavy (non-hydrogen) atoms. The summed E-state index contributed by atoms with van der Waals surface area (Å²) in [6, 6.07) is 63.8. The highest BCUT2D eigenvalue weighted by atomic mass is 32.2. The molecule has 4 nitrogen and oxygen atoms in total. The Morgan fingerprint density at radius 3 is 2.07 bits per heavy atom. The molecule has 7 heteroatoms. The fourth-order valence-corrected chi connectivity index (χ4v) is 16.0. The van der Waals surface area contributed by atoms with Crippen LogP contribution in [0.4, 0.5) is 4.39 Å². The smallest absolute Gasteiger partial charge is 0.181 e. The minimum atomic E-state index is -2.76. The summed E-state index contributed by atoms with van der Waals surface area (Å²) >= 11 is 1.84. The maximum atomic E-state index is 16.8. The molecule has 11 rings (SSSR count). The van der Waals surface area contributed by atoms with E-state index in [9.17, 15) is 0 Å². The molecule has 272 valence electrons. The van der Waals surface area contributed by atoms with Crippen LogP contribution in [0.5, 0.6) is 0 Å². The number of aryl methyl sites for hydroxylation is 1. The summed E-state index contributed by atoms with van der Waals surface area (Å²) in [6.45, 7) is 0. The average Bonchev–Trinajstić information content (AvgIpc) is 3.79. The molecule has 0 saturated carbocycles. The van der Waals surface area contributed by atoms with Crippen LogP contribution in [0.2, 0.25) is 0 Å². The minimum Gasteiger partial charge on any atom is -0.327 e. The van der Waals surface area contributed by atoms with E-state index in [1.165, 1.54) is 30.5 Å². The molecule has 1 aliphatic rings. The Morgan fingerprint density at radius 2 is 1.28 bits per heavy atom. The number of benzene rings is 7. The zero-order valence-corrected chi connectivity index (χ0v) is 32.9. The molecule has 0 saturated heterocycles. The molecule has 0 spiro atoms. The van der Waals surface area contributed by atoms with E-state index in [1.54, 1.807) is 0 Å². The molecule has 1 unspecified atom stereocenters. The van der Waals surface area contributed by atoms with Gasteiger partial charge in [0, 0.05) is 45.1 Å². The first-order valence-electron chi connectivity index (χ1n) is 19.2. The first-order chi connectivity index (χ1) is 28.1. The van der Waals surface area contributed by atoms with E-state index in [0.717, 1.165) is 50.0 Å². The zero-order valence-electron chi connectivity index (χ0n) is 31.1. The molecule has 4 heterocycles. The predicted molar refractivity (Wildman–Crippen MR) is 235 cm³/mol. The monoisotopic (exact) mass is 770 g/mol. The number of nitrogens with zero attached hydrogens (tertiary/aromatic N) is 4. The first-order valence-corrected chi connectivity index (χ1v) is 22.0. The molecule has 10 aromatic rings. The normalized spacial score (nSPS) is 13.8. The number of pyridine rings is 1. The second-order valence-corrected chi connectivity index (χ2v) is 19.5. The van der Waals surface area contributed by atoms with Gasteiger partial charge in [0.15, 0.2) is 14.2 Å². The second kappa shape index (κ2) is 13.3. The summed E-state index contributed by atoms with van der Waals surface area (Å²) in [4.78, 5) is 12.4. The van der Waals surface area contributed by atoms with E-state index >= 15 is 4.39 Å². The van der Waals surface area contributed by atoms with Crippen molar-refractivity contribution in [2.45, 2.75) is 16.0 Å². The average molecular weight is 771 g/mol. The fraction of sp³-hybridized carbons (Fsp3) is 0.0400. The molecular weight excluding hydrogens is 736 g/mol. The van der Waals surface area contributed by atoms with Crippen LogP contribution < -0.4 is 20.7 Å². The van der Waals surface area contributed by atoms with Gasteiger partial charge in [-0.25, -0.2) is 14.4 Å². The third-order valence-corrected chi connectivity index (χ3v) is 18.0. The molecule has 0 fully saturated rings. The zero-order chi connectivity index (χ0) is 38.1. The number of para-hydroxylation sites is 2. The number of imidazole rings is 1. The van der Waals surface area contributed by atoms with Crippen LogP contribution in [-0.2, 0) is 7.05 Å². The van der Waals surface area contributed by atoms with Crippen molar-refractivity contribution in [3.8, 4) is 17.1 Å². The van der Waals surface area contributed by atoms with E-state index in [-0.39, 0.29) is 0 Å². The number of halogens is 1. The van der Waals surface area contributed by atoms with Gasteiger partial charge < -0.3 is 4.57 Å². The molecule has 0 N–H and O–H groups in total. The molecule has 0 bridgehead atoms. The maximum Gasteiger partial charge on any atom is 0.181 e. The molecule has 0 amide bonds. The third-order valence-electron chi connectivity index (χ3n) is 11.6. The van der Waals surface area contributed by atoms with Gasteiger partial charge >= 0.3 is 0 Å². The van der Waals surface area contributed by atoms with E-state index in [1.807, 2.05) is 91.7 Å². The van der Waals surface area contributed by atoms with Gasteiger partial charge in [-0.15, -0.1) is 0 Å². The lowest BCUT2D eigenvalue weighted by Gasteiger charge is -2.40. The van der Waals surface area contributed by atoms with Gasteiger partial charge in [0.2, 0.25) is 0 Å². The molecular formula is C50H35FN4SSi. The molecule has 0 aliphatic carbocycles. The Hall–Kier alpha value is -6.54. The van der Waals surface area contributed by atoms with Crippen molar-refractivity contribution in [3.05, 3.63) is 199 Å². The van der Waals surface area contributed by atoms with Gasteiger partial charge in [-0.05, 0) is 86.5 Å². The largest absolute Gasteiger partial charge is 0.327 e. The van der Waals surface area contributed by atoms with E-state index in [4.69, 9.17) is 9.97 Å². The van der Waals surface area contributed by atoms with Crippen molar-refractivity contribution < 1.29 is 4.39 Å². The van der Waals surface area contributed by atoms with Crippen LogP contribution in [0.3, 0.4) is 0 Å². The lowest BCUT2D eigenvalue weighted by molar-refractivity contribution is 0.402. The van der Waals surface area contributed by atoms with Crippen molar-refractivity contribution in [3.63, 3.8) is 0 Å². The number of fused-ring (bicyclic) bond motifs is 6. The molecule has 1 atom stereocenters. The molecule has 1 aliphatic heterocycles. The van der Waals surface area contributed by atoms with Gasteiger partial charge in [-0.1, -0.05) is 139 Å². The van der Waals surface area contributed by atoms with Gasteiger partial charge in [0.05, 0.1) is 16.6 Å². The van der Waals surface area contributed by atoms with Gasteiger partial charge in [-0.3, -0.25) is 4.57 Å². The van der Waals surface area contributed by atoms with E-state index in [2.05, 4.69) is 124 Å². The quantitative estimate of drug-likeness (QED) is 0.158. The lowest BCUT2D eigenvalue weighted by Crippen LogP contribution is -2.76. The summed E-state index contributed by atoms with van der Waals surface area (Å²) in [6.07, 6.45) is 0.507. The number of hydrogen-bond acceptors (Lipinski definition) is 3. The number of aromatic nitrogens is 4. The Bertz CT molecular complexity index is 3120. The highest BCUT2D eigenvalue weighted by Crippen LogP contribution is 2.40. The number of rotatable bonds is 6. The summed E-state index contributed by atoms with van der Waals surface area (Å²) < 4.78 is 21.1. The van der Waals surface area contributed by atoms with Crippen molar-refractivity contribution in [1.82, 2.24) is 19.1 Å². The molecule has 7 aromatic carbocycles. The van der Waals surface area contributed by atoms with E-state index < -0.39 is 14.2 Å². The maximum absolute atomic E-state index is 16.8. The van der Waals surface area contributed by atoms with Gasteiger partial charge in [0.25, 0.3) is 0 Å². The highest BCUT2D eigenvalue weighted by molar-refractivity contribution is 8.00. The third kappa shape index (κ3) is 5.19. The van der Waals surface area contributed by atoms with Crippen LogP contribution in [0.25, 0.3) is 50.0 Å². The highest BCUT2D eigenvalue weighted by Gasteiger charge is 2.47. The number of hydrogen-bond donors (Lipinski definition) is 0. The fourth-order valence-electron chi connectivity index (χ4n) is 9.06. The first kappa shape index (κ1) is 33.8. The van der Waals surface area contributed by atoms with Crippen molar-refractivity contribution in [2.75, 3.05) is 0 Å². The Labute approximate surface area is 334 Å². The number of alkyl halides is 1. The van der Waals surface area contributed by atoms with Crippen molar-refractivity contribution in [2.24, 2.45) is 7.05 Å². The topological polar surface area (TPSA) is 35.6 Å². The Kier molecular flexibility index (Phi) is 7.88. The molecule has 0 radical (unpaired) electrons. The molecule has 3 aromatic heterocycles. The summed E-state index contributed by atoms with van der Waals surface area (Å²) in [5.41, 5.74) is 6.78. The van der Waals surface area contributed by atoms with Crippen molar-refractivity contribution in [1.29, 1.82) is 0 Å². The van der Waals surface area contributed by atoms with E-state index in [0.29, 0.717) is 11.1 Å². The standard InChI is InChI=1S/C50H35FN4SSi/c1-54-42-25-9-8-24-41(42)53-49(54)35-17-12-15-33(29-35)48(51)34-16-13-18-36(30-34)55-43-32-45-47(31-40(43)39-23-14-28-52-50(39)55)57(37-19-4-2-5-20-37,38-21-6-3-7-22-38)46-27-11-10-26-44(46)56-45/h2-32,48H,1H3. The lowest BCUT2D eigenvalue weighted by atomic mass is 10.00. The minimum absolute atomic E-state index is 0.585. The van der Waals surface area contributed by atoms with Gasteiger partial charge in [0.1, 0.15) is 11.5 Å². The predicted octanol–water partition coefficient (Wildman–Crippen LogP) is 9.63. The summed E-state index contributed by atoms with van der Waals surface area (Å²) in [5, 5.41) is 7.69. The van der Waals surface area contributed by atoms with Crippen LogP contribution in [0.1, 0.15) is 17.3 Å². The summed E-state index contributed by atoms with van der Waals surface area (Å²) in [5.74, 6) is 0.811. The van der Waals surface area contributed by atoms with Crippen molar-refractivity contribution >= 4 is 73.6 Å². The summed E-state index contributed by atoms with van der Waals surface area (Å²) in [7, 11) is -0.754. The Balaban J connectivity index is 1.09. The second-order valence-electron chi connectivity index (χ2n) is 14.7. The van der Waals surface area contributed by atoms with Crippen LogP contribution in [0, 0.1) is 0 Å². The Morgan fingerprint density at radius 1 is 0.579 bits per heavy atom. The van der Waals surface area contributed by atoms with Gasteiger partial charge in [-0.2, -0.15) is 0 Å². The SMILES string of the molecule is Cn1c(-c2cccc(C(F)c3cccc(-n4c5cc6c(cc5c5cccnc54)[Si](c4ccccc4)(c4ccccc4)c4ccccc4S6)c3)c2)nc2ccccc21. The van der Waals surface area contributed by atoms with Crippen LogP contribution in [0.15, 0.2) is 198 Å². The van der Waals surface area contributed by atoms with Crippen LogP contribution in [-0.4, -0.2) is 27.2 Å².